The molecule has 0 saturated carbocycles. The standard InChI is InChI=1S/C15H16Cl2N2O2S/c1-18-8-2-4-13(18)14-5-3-9-19(14)22(20,21)15-10-11(16)6-7-12(15)17/h2,4,6-8,10,14H,3,5,9H2,1H3/t14-/m0/s1. The maximum atomic E-state index is 13.0. The minimum Gasteiger partial charge on any atom is -0.353 e. The van der Waals surface area contributed by atoms with Crippen LogP contribution in [0, 0.1) is 0 Å². The normalized spacial score (nSPS) is 19.7. The molecule has 0 aliphatic carbocycles. The van der Waals surface area contributed by atoms with Gasteiger partial charge in [0.15, 0.2) is 0 Å². The number of hydrogen-bond donors (Lipinski definition) is 0. The van der Waals surface area contributed by atoms with E-state index in [0.29, 0.717) is 11.6 Å². The molecule has 3 rings (SSSR count). The lowest BCUT2D eigenvalue weighted by atomic mass is 10.1. The fraction of sp³-hybridized carbons (Fsp3) is 0.333. The zero-order valence-electron chi connectivity index (χ0n) is 12.0. The average molecular weight is 359 g/mol. The number of sulfonamides is 1. The monoisotopic (exact) mass is 358 g/mol. The van der Waals surface area contributed by atoms with Crippen LogP contribution in [0.1, 0.15) is 24.6 Å². The Morgan fingerprint density at radius 1 is 1.23 bits per heavy atom. The van der Waals surface area contributed by atoms with E-state index in [1.807, 2.05) is 29.9 Å². The predicted octanol–water partition coefficient (Wildman–Crippen LogP) is 3.86. The molecule has 1 atom stereocenters. The van der Waals surface area contributed by atoms with E-state index in [4.69, 9.17) is 23.2 Å². The summed E-state index contributed by atoms with van der Waals surface area (Å²) in [4.78, 5) is 0.0720. The molecule has 1 aliphatic rings. The van der Waals surface area contributed by atoms with Crippen LogP contribution in [0.15, 0.2) is 41.4 Å². The number of halogens is 2. The fourth-order valence-electron chi connectivity index (χ4n) is 2.95. The van der Waals surface area contributed by atoms with Crippen molar-refractivity contribution in [1.82, 2.24) is 8.87 Å². The number of benzene rings is 1. The van der Waals surface area contributed by atoms with E-state index in [1.54, 1.807) is 6.07 Å². The zero-order valence-corrected chi connectivity index (χ0v) is 14.4. The molecule has 1 aromatic heterocycles. The van der Waals surface area contributed by atoms with E-state index in [0.717, 1.165) is 18.5 Å². The average Bonchev–Trinajstić information content (AvgIpc) is 3.09. The van der Waals surface area contributed by atoms with E-state index in [2.05, 4.69) is 0 Å². The highest BCUT2D eigenvalue weighted by Crippen LogP contribution is 2.38. The van der Waals surface area contributed by atoms with Crippen LogP contribution in [0.5, 0.6) is 0 Å². The molecule has 0 spiro atoms. The molecule has 118 valence electrons. The van der Waals surface area contributed by atoms with Crippen molar-refractivity contribution in [1.29, 1.82) is 0 Å². The second-order valence-electron chi connectivity index (χ2n) is 5.39. The molecular formula is C15H16Cl2N2O2S. The Kier molecular flexibility index (Phi) is 4.25. The van der Waals surface area contributed by atoms with Gasteiger partial charge in [-0.05, 0) is 43.2 Å². The SMILES string of the molecule is Cn1cccc1[C@@H]1CCCN1S(=O)(=O)c1cc(Cl)ccc1Cl. The van der Waals surface area contributed by atoms with Crippen LogP contribution in [0.3, 0.4) is 0 Å². The van der Waals surface area contributed by atoms with Gasteiger partial charge >= 0.3 is 0 Å². The molecular weight excluding hydrogens is 343 g/mol. The number of hydrogen-bond acceptors (Lipinski definition) is 2. The molecule has 1 fully saturated rings. The van der Waals surface area contributed by atoms with E-state index < -0.39 is 10.0 Å². The van der Waals surface area contributed by atoms with Crippen LogP contribution in [-0.2, 0) is 17.1 Å². The Labute approximate surface area is 140 Å². The summed E-state index contributed by atoms with van der Waals surface area (Å²) >= 11 is 12.0. The number of aryl methyl sites for hydroxylation is 1. The highest BCUT2D eigenvalue weighted by Gasteiger charge is 2.38. The van der Waals surface area contributed by atoms with Gasteiger partial charge in [-0.25, -0.2) is 8.42 Å². The molecule has 22 heavy (non-hydrogen) atoms. The molecule has 2 aromatic rings. The van der Waals surface area contributed by atoms with Gasteiger partial charge in [0, 0.05) is 30.5 Å². The first-order chi connectivity index (χ1) is 10.4. The minimum atomic E-state index is -3.68. The van der Waals surface area contributed by atoms with Gasteiger partial charge in [-0.1, -0.05) is 23.2 Å². The highest BCUT2D eigenvalue weighted by atomic mass is 35.5. The van der Waals surface area contributed by atoms with Gasteiger partial charge < -0.3 is 4.57 Å². The van der Waals surface area contributed by atoms with Gasteiger partial charge in [0.2, 0.25) is 10.0 Å². The maximum absolute atomic E-state index is 13.0. The van der Waals surface area contributed by atoms with Gasteiger partial charge in [-0.3, -0.25) is 0 Å². The van der Waals surface area contributed by atoms with E-state index >= 15 is 0 Å². The van der Waals surface area contributed by atoms with Gasteiger partial charge in [-0.15, -0.1) is 0 Å². The van der Waals surface area contributed by atoms with Crippen molar-refractivity contribution in [2.24, 2.45) is 7.05 Å². The summed E-state index contributed by atoms with van der Waals surface area (Å²) in [5, 5.41) is 0.555. The summed E-state index contributed by atoms with van der Waals surface area (Å²) in [7, 11) is -1.76. The second-order valence-corrected chi connectivity index (χ2v) is 8.10. The van der Waals surface area contributed by atoms with Crippen LogP contribution in [-0.4, -0.2) is 23.8 Å². The molecule has 0 amide bonds. The van der Waals surface area contributed by atoms with Crippen LogP contribution in [0.25, 0.3) is 0 Å². The van der Waals surface area contributed by atoms with Crippen molar-refractivity contribution in [2.75, 3.05) is 6.54 Å². The first-order valence-corrected chi connectivity index (χ1v) is 9.19. The van der Waals surface area contributed by atoms with Gasteiger partial charge in [-0.2, -0.15) is 4.31 Å². The van der Waals surface area contributed by atoms with Crippen LogP contribution in [0.4, 0.5) is 0 Å². The molecule has 0 bridgehead atoms. The lowest BCUT2D eigenvalue weighted by molar-refractivity contribution is 0.384. The summed E-state index contributed by atoms with van der Waals surface area (Å²) in [6, 6.07) is 8.23. The summed E-state index contributed by atoms with van der Waals surface area (Å²) in [6.07, 6.45) is 3.55. The van der Waals surface area contributed by atoms with Crippen LogP contribution < -0.4 is 0 Å². The molecule has 0 radical (unpaired) electrons. The molecule has 4 nitrogen and oxygen atoms in total. The Balaban J connectivity index is 2.05. The smallest absolute Gasteiger partial charge is 0.245 e. The number of aromatic nitrogens is 1. The first kappa shape index (κ1) is 15.9. The fourth-order valence-corrected chi connectivity index (χ4v) is 5.35. The Morgan fingerprint density at radius 3 is 2.68 bits per heavy atom. The molecule has 1 saturated heterocycles. The Bertz CT molecular complexity index is 802. The molecule has 1 aliphatic heterocycles. The first-order valence-electron chi connectivity index (χ1n) is 6.99. The molecule has 0 unspecified atom stereocenters. The van der Waals surface area contributed by atoms with Gasteiger partial charge in [0.05, 0.1) is 11.1 Å². The topological polar surface area (TPSA) is 42.3 Å². The third-order valence-corrected chi connectivity index (χ3v) is 6.63. The van der Waals surface area contributed by atoms with Crippen molar-refractivity contribution < 1.29 is 8.42 Å². The zero-order chi connectivity index (χ0) is 15.9. The van der Waals surface area contributed by atoms with Gasteiger partial charge in [0.1, 0.15) is 4.90 Å². The summed E-state index contributed by atoms with van der Waals surface area (Å²) in [5.41, 5.74) is 0.985. The lowest BCUT2D eigenvalue weighted by Crippen LogP contribution is -2.31. The van der Waals surface area contributed by atoms with Crippen LogP contribution in [0.2, 0.25) is 10.0 Å². The lowest BCUT2D eigenvalue weighted by Gasteiger charge is -2.25. The Morgan fingerprint density at radius 2 is 2.00 bits per heavy atom. The third kappa shape index (κ3) is 2.67. The largest absolute Gasteiger partial charge is 0.353 e. The van der Waals surface area contributed by atoms with Crippen molar-refractivity contribution >= 4 is 33.2 Å². The quantitative estimate of drug-likeness (QED) is 0.835. The van der Waals surface area contributed by atoms with E-state index in [1.165, 1.54) is 16.4 Å². The minimum absolute atomic E-state index is 0.0720. The molecule has 0 N–H and O–H groups in total. The van der Waals surface area contributed by atoms with Crippen molar-refractivity contribution in [3.8, 4) is 0 Å². The third-order valence-electron chi connectivity index (χ3n) is 4.01. The number of rotatable bonds is 3. The summed E-state index contributed by atoms with van der Waals surface area (Å²) in [6.45, 7) is 0.487. The van der Waals surface area contributed by atoms with Crippen molar-refractivity contribution in [2.45, 2.75) is 23.8 Å². The molecule has 2 heterocycles. The molecule has 1 aromatic carbocycles. The van der Waals surface area contributed by atoms with Crippen LogP contribution >= 0.6 is 23.2 Å². The van der Waals surface area contributed by atoms with Crippen molar-refractivity contribution in [3.05, 3.63) is 52.3 Å². The maximum Gasteiger partial charge on any atom is 0.245 e. The molecule has 7 heteroatoms. The summed E-state index contributed by atoms with van der Waals surface area (Å²) in [5.74, 6) is 0. The second kappa shape index (κ2) is 5.89. The summed E-state index contributed by atoms with van der Waals surface area (Å²) < 4.78 is 29.5. The van der Waals surface area contributed by atoms with Gasteiger partial charge in [0.25, 0.3) is 0 Å². The Hall–Kier alpha value is -1.01. The predicted molar refractivity (Wildman–Crippen MR) is 87.7 cm³/mol. The van der Waals surface area contributed by atoms with E-state index in [-0.39, 0.29) is 16.0 Å². The van der Waals surface area contributed by atoms with E-state index in [9.17, 15) is 8.42 Å². The highest BCUT2D eigenvalue weighted by molar-refractivity contribution is 7.89. The van der Waals surface area contributed by atoms with Crippen molar-refractivity contribution in [3.63, 3.8) is 0 Å². The number of nitrogens with zero attached hydrogens (tertiary/aromatic N) is 2.